The third-order valence-corrected chi connectivity index (χ3v) is 9.56. The Bertz CT molecular complexity index is 1730. The minimum Gasteiger partial charge on any atom is -0.481 e. The number of hydrogen-bond acceptors (Lipinski definition) is 7. The fraction of sp³-hybridized carbons (Fsp3) is 0.361. The summed E-state index contributed by atoms with van der Waals surface area (Å²) >= 11 is 14.2. The number of benzene rings is 2. The summed E-state index contributed by atoms with van der Waals surface area (Å²) in [6.07, 6.45) is 5.99. The summed E-state index contributed by atoms with van der Waals surface area (Å²) in [4.78, 5) is 21.1. The van der Waals surface area contributed by atoms with Crippen LogP contribution in [0.3, 0.4) is 0 Å². The number of ether oxygens (including phenoxy) is 1. The predicted octanol–water partition coefficient (Wildman–Crippen LogP) is 6.51. The van der Waals surface area contributed by atoms with Crippen LogP contribution in [0.5, 0.6) is 5.88 Å². The second-order valence-electron chi connectivity index (χ2n) is 12.1. The molecule has 3 heterocycles. The van der Waals surface area contributed by atoms with Crippen LogP contribution in [0.1, 0.15) is 55.3 Å². The molecule has 2 aromatic carbocycles. The first-order valence-corrected chi connectivity index (χ1v) is 16.6. The third kappa shape index (κ3) is 7.06. The van der Waals surface area contributed by atoms with Gasteiger partial charge < -0.3 is 25.8 Å². The number of aliphatic hydroxyl groups excluding tert-OH is 1. The number of rotatable bonds is 11. The van der Waals surface area contributed by atoms with Crippen LogP contribution in [0.15, 0.2) is 60.8 Å². The van der Waals surface area contributed by atoms with E-state index in [9.17, 15) is 9.90 Å². The highest BCUT2D eigenvalue weighted by Crippen LogP contribution is 2.42. The second-order valence-corrected chi connectivity index (χ2v) is 12.9. The first kappa shape index (κ1) is 32.4. The summed E-state index contributed by atoms with van der Waals surface area (Å²) in [5.74, 6) is 0.640. The van der Waals surface area contributed by atoms with Gasteiger partial charge in [-0.15, -0.1) is 0 Å². The Morgan fingerprint density at radius 2 is 1.87 bits per heavy atom. The van der Waals surface area contributed by atoms with Crippen molar-refractivity contribution >= 4 is 29.1 Å². The van der Waals surface area contributed by atoms with Crippen molar-refractivity contribution in [2.45, 2.75) is 63.8 Å². The molecule has 8 nitrogen and oxygen atoms in total. The van der Waals surface area contributed by atoms with Crippen molar-refractivity contribution in [3.8, 4) is 39.5 Å². The van der Waals surface area contributed by atoms with Crippen molar-refractivity contribution in [3.63, 3.8) is 0 Å². The largest absolute Gasteiger partial charge is 0.481 e. The fourth-order valence-electron chi connectivity index (χ4n) is 6.43. The Kier molecular flexibility index (Phi) is 10.2. The molecule has 1 saturated heterocycles. The van der Waals surface area contributed by atoms with Gasteiger partial charge in [-0.25, -0.2) is 4.98 Å². The Hall–Kier alpha value is -3.53. The molecule has 10 heteroatoms. The van der Waals surface area contributed by atoms with Crippen LogP contribution in [-0.2, 0) is 17.8 Å². The van der Waals surface area contributed by atoms with Crippen LogP contribution >= 0.6 is 23.2 Å². The van der Waals surface area contributed by atoms with Crippen LogP contribution in [0.2, 0.25) is 10.0 Å². The summed E-state index contributed by atoms with van der Waals surface area (Å²) in [7, 11) is 1.59. The van der Waals surface area contributed by atoms with Gasteiger partial charge >= 0.3 is 0 Å². The maximum atomic E-state index is 11.6. The molecule has 0 spiro atoms. The molecular formula is C36H39Cl2N5O3. The molecule has 6 rings (SSSR count). The highest BCUT2D eigenvalue weighted by Gasteiger charge is 2.25. The Labute approximate surface area is 279 Å². The summed E-state index contributed by atoms with van der Waals surface area (Å²) < 4.78 is 5.59. The Balaban J connectivity index is 1.26. The lowest BCUT2D eigenvalue weighted by molar-refractivity contribution is -0.119. The number of fused-ring (bicyclic) bond motifs is 1. The molecule has 2 aromatic heterocycles. The number of methoxy groups -OCH3 is 1. The highest BCUT2D eigenvalue weighted by atomic mass is 35.5. The average Bonchev–Trinajstić information content (AvgIpc) is 3.48. The van der Waals surface area contributed by atoms with Crippen LogP contribution in [0.25, 0.3) is 33.6 Å². The molecule has 1 aliphatic carbocycles. The van der Waals surface area contributed by atoms with E-state index in [1.807, 2.05) is 36.4 Å². The molecule has 0 saturated carbocycles. The molecule has 1 unspecified atom stereocenters. The normalized spacial score (nSPS) is 18.2. The topological polar surface area (TPSA) is 108 Å². The van der Waals surface area contributed by atoms with Gasteiger partial charge in [-0.2, -0.15) is 0 Å². The van der Waals surface area contributed by atoms with E-state index in [1.165, 1.54) is 11.1 Å². The van der Waals surface area contributed by atoms with Gasteiger partial charge in [0.05, 0.1) is 34.6 Å². The number of aromatic nitrogens is 2. The molecule has 1 amide bonds. The van der Waals surface area contributed by atoms with Gasteiger partial charge in [0.25, 0.3) is 0 Å². The minimum atomic E-state index is -0.443. The molecule has 0 bridgehead atoms. The van der Waals surface area contributed by atoms with E-state index in [0.29, 0.717) is 46.8 Å². The summed E-state index contributed by atoms with van der Waals surface area (Å²) in [6.45, 7) is 3.50. The predicted molar refractivity (Wildman–Crippen MR) is 183 cm³/mol. The Morgan fingerprint density at radius 1 is 1.04 bits per heavy atom. The van der Waals surface area contributed by atoms with Gasteiger partial charge in [0.1, 0.15) is 0 Å². The number of carbonyl (C=O) groups is 1. The number of pyridine rings is 2. The van der Waals surface area contributed by atoms with Gasteiger partial charge in [-0.3, -0.25) is 9.78 Å². The van der Waals surface area contributed by atoms with Crippen molar-refractivity contribution in [2.24, 2.45) is 0 Å². The van der Waals surface area contributed by atoms with E-state index in [1.54, 1.807) is 20.2 Å². The van der Waals surface area contributed by atoms with Crippen molar-refractivity contribution in [2.75, 3.05) is 20.2 Å². The monoisotopic (exact) mass is 659 g/mol. The van der Waals surface area contributed by atoms with Gasteiger partial charge in [-0.05, 0) is 61.9 Å². The number of halogens is 2. The summed E-state index contributed by atoms with van der Waals surface area (Å²) in [5.41, 5.74) is 8.18. The lowest BCUT2D eigenvalue weighted by atomic mass is 9.86. The van der Waals surface area contributed by atoms with Crippen molar-refractivity contribution in [3.05, 3.63) is 87.5 Å². The quantitative estimate of drug-likeness (QED) is 0.145. The van der Waals surface area contributed by atoms with Gasteiger partial charge in [0.15, 0.2) is 0 Å². The molecule has 0 radical (unpaired) electrons. The molecule has 1 fully saturated rings. The van der Waals surface area contributed by atoms with E-state index in [4.69, 9.17) is 37.9 Å². The van der Waals surface area contributed by atoms with E-state index < -0.39 is 6.10 Å². The molecular weight excluding hydrogens is 621 g/mol. The highest BCUT2D eigenvalue weighted by molar-refractivity contribution is 6.39. The zero-order valence-corrected chi connectivity index (χ0v) is 27.6. The van der Waals surface area contributed by atoms with Crippen molar-refractivity contribution in [1.82, 2.24) is 25.9 Å². The van der Waals surface area contributed by atoms with Gasteiger partial charge in [0.2, 0.25) is 11.8 Å². The molecule has 3 atom stereocenters. The lowest BCUT2D eigenvalue weighted by Gasteiger charge is -2.28. The standard InChI is InChI=1S/C36H39Cl2N5O3/c1-21(44)18-39-19-24-10-13-31(43-36(24)46-2)29-7-4-6-27(33(29)37)28-15-16-40-35(34(28)38)23-9-12-26-22(17-23)5-3-8-30(26)41-20-25-11-14-32(45)42-25/h4,6-7,9-10,12-13,15-17,21,25,30,39,41,44H,3,5,8,11,14,18-20H2,1-2H3,(H,42,45)/t21?,25-,30+/m1/s1. The van der Waals surface area contributed by atoms with E-state index >= 15 is 0 Å². The van der Waals surface area contributed by atoms with Crippen LogP contribution in [0.4, 0.5) is 0 Å². The minimum absolute atomic E-state index is 0.143. The maximum Gasteiger partial charge on any atom is 0.220 e. The number of aliphatic hydroxyl groups is 1. The van der Waals surface area contributed by atoms with E-state index in [0.717, 1.165) is 60.0 Å². The smallest absolute Gasteiger partial charge is 0.220 e. The molecule has 4 N–H and O–H groups in total. The zero-order valence-electron chi connectivity index (χ0n) is 26.1. The first-order valence-electron chi connectivity index (χ1n) is 15.8. The number of nitrogens with zero attached hydrogens (tertiary/aromatic N) is 2. The molecule has 1 aliphatic heterocycles. The number of nitrogens with one attached hydrogen (secondary N) is 3. The molecule has 4 aromatic rings. The fourth-order valence-corrected chi connectivity index (χ4v) is 7.07. The van der Waals surface area contributed by atoms with Crippen LogP contribution < -0.4 is 20.7 Å². The van der Waals surface area contributed by atoms with Crippen LogP contribution in [-0.4, -0.2) is 53.3 Å². The zero-order chi connectivity index (χ0) is 32.2. The molecule has 2 aliphatic rings. The summed E-state index contributed by atoms with van der Waals surface area (Å²) in [5, 5.41) is 20.6. The van der Waals surface area contributed by atoms with Gasteiger partial charge in [0, 0.05) is 72.2 Å². The van der Waals surface area contributed by atoms with E-state index in [-0.39, 0.29) is 18.0 Å². The third-order valence-electron chi connectivity index (χ3n) is 8.77. The molecule has 46 heavy (non-hydrogen) atoms. The number of carbonyl (C=O) groups excluding carboxylic acids is 1. The SMILES string of the molecule is COc1nc(-c2cccc(-c3ccnc(-c4ccc5c(c4)CCC[C@@H]5NC[C@H]4CCC(=O)N4)c3Cl)c2Cl)ccc1CNCC(C)O. The number of amides is 1. The average molecular weight is 661 g/mol. The lowest BCUT2D eigenvalue weighted by Crippen LogP contribution is -2.38. The second kappa shape index (κ2) is 14.5. The van der Waals surface area contributed by atoms with Crippen molar-refractivity contribution < 1.29 is 14.6 Å². The first-order chi connectivity index (χ1) is 22.3. The number of hydrogen-bond donors (Lipinski definition) is 4. The van der Waals surface area contributed by atoms with Crippen LogP contribution in [0, 0.1) is 0 Å². The molecule has 240 valence electrons. The Morgan fingerprint density at radius 3 is 2.65 bits per heavy atom. The van der Waals surface area contributed by atoms with Gasteiger partial charge in [-0.1, -0.05) is 59.6 Å². The summed E-state index contributed by atoms with van der Waals surface area (Å²) in [6, 6.07) is 18.6. The van der Waals surface area contributed by atoms with Crippen molar-refractivity contribution in [1.29, 1.82) is 0 Å². The maximum absolute atomic E-state index is 11.6. The number of aryl methyl sites for hydroxylation is 1. The van der Waals surface area contributed by atoms with E-state index in [2.05, 4.69) is 34.1 Å².